The second-order valence-corrected chi connectivity index (χ2v) is 7.56. The van der Waals surface area contributed by atoms with E-state index in [1.54, 1.807) is 0 Å². The van der Waals surface area contributed by atoms with Crippen LogP contribution in [0, 0.1) is 0 Å². The van der Waals surface area contributed by atoms with Gasteiger partial charge < -0.3 is 14.8 Å². The fraction of sp³-hybridized carbons (Fsp3) is 0.318. The van der Waals surface area contributed by atoms with E-state index in [2.05, 4.69) is 18.0 Å². The molecule has 4 rings (SSSR count). The fourth-order valence-corrected chi connectivity index (χ4v) is 4.45. The minimum Gasteiger partial charge on any atom is -0.481 e. The highest BCUT2D eigenvalue weighted by atomic mass is 35.5. The number of aromatic amines is 1. The molecule has 0 bridgehead atoms. The maximum Gasteiger partial charge on any atom is 0.306 e. The molecule has 0 fully saturated rings. The molecule has 0 saturated carbocycles. The summed E-state index contributed by atoms with van der Waals surface area (Å²) in [4.78, 5) is 15.1. The van der Waals surface area contributed by atoms with E-state index >= 15 is 0 Å². The summed E-state index contributed by atoms with van der Waals surface area (Å²) in [5.41, 5.74) is 4.56. The molecule has 1 unspecified atom stereocenters. The van der Waals surface area contributed by atoms with Gasteiger partial charge in [0.2, 0.25) is 0 Å². The Morgan fingerprint density at radius 3 is 2.74 bits per heavy atom. The van der Waals surface area contributed by atoms with Gasteiger partial charge in [-0.2, -0.15) is 0 Å². The molecule has 0 radical (unpaired) electrons. The molecule has 1 aliphatic rings. The first-order chi connectivity index (χ1) is 13.0. The molecule has 1 atom stereocenters. The number of H-pyrrole nitrogens is 1. The van der Waals surface area contributed by atoms with Crippen molar-refractivity contribution in [2.45, 2.75) is 38.2 Å². The first-order valence-electron chi connectivity index (χ1n) is 9.30. The number of carboxylic acid groups (broad SMARTS) is 1. The van der Waals surface area contributed by atoms with Crippen LogP contribution in [0.4, 0.5) is 0 Å². The predicted molar refractivity (Wildman–Crippen MR) is 107 cm³/mol. The van der Waals surface area contributed by atoms with Gasteiger partial charge in [0.25, 0.3) is 0 Å². The quantitative estimate of drug-likeness (QED) is 0.608. The Balaban J connectivity index is 1.94. The summed E-state index contributed by atoms with van der Waals surface area (Å²) in [6, 6.07) is 14.0. The average Bonchev–Trinajstić information content (AvgIpc) is 3.03. The first kappa shape index (κ1) is 18.1. The molecule has 1 aromatic heterocycles. The molecule has 1 aliphatic heterocycles. The smallest absolute Gasteiger partial charge is 0.306 e. The van der Waals surface area contributed by atoms with Crippen LogP contribution >= 0.6 is 11.6 Å². The van der Waals surface area contributed by atoms with Gasteiger partial charge in [0.1, 0.15) is 5.60 Å². The number of carboxylic acids is 1. The van der Waals surface area contributed by atoms with Crippen LogP contribution in [0.25, 0.3) is 22.0 Å². The lowest BCUT2D eigenvalue weighted by atomic mass is 9.84. The van der Waals surface area contributed by atoms with Crippen molar-refractivity contribution in [2.75, 3.05) is 6.61 Å². The molecule has 3 aromatic rings. The highest BCUT2D eigenvalue weighted by Gasteiger charge is 2.41. The summed E-state index contributed by atoms with van der Waals surface area (Å²) in [6.45, 7) is 2.59. The number of hydrogen-bond donors (Lipinski definition) is 2. The number of benzene rings is 2. The third-order valence-electron chi connectivity index (χ3n) is 5.36. The first-order valence-corrected chi connectivity index (χ1v) is 9.67. The van der Waals surface area contributed by atoms with Crippen molar-refractivity contribution in [3.63, 3.8) is 0 Å². The molecule has 5 heteroatoms. The van der Waals surface area contributed by atoms with Crippen LogP contribution in [0.2, 0.25) is 5.02 Å². The third kappa shape index (κ3) is 3.13. The van der Waals surface area contributed by atoms with Gasteiger partial charge in [-0.1, -0.05) is 49.2 Å². The molecule has 4 nitrogen and oxygen atoms in total. The van der Waals surface area contributed by atoms with Crippen molar-refractivity contribution in [1.29, 1.82) is 0 Å². The molecule has 0 saturated heterocycles. The van der Waals surface area contributed by atoms with Gasteiger partial charge in [0.15, 0.2) is 0 Å². The predicted octanol–water partition coefficient (Wildman–Crippen LogP) is 5.53. The van der Waals surface area contributed by atoms with Gasteiger partial charge in [-0.3, -0.25) is 4.79 Å². The fourth-order valence-electron chi connectivity index (χ4n) is 4.32. The standard InChI is InChI=1S/C22H22ClNO3/c1-2-11-22(13-19(25)26)21-17(10-12-27-22)20-16(4-3-5-18(20)24-21)14-6-8-15(23)9-7-14/h3-9,24H,2,10-13H2,1H3,(H,25,26). The number of rotatable bonds is 5. The Morgan fingerprint density at radius 1 is 1.26 bits per heavy atom. The number of fused-ring (bicyclic) bond motifs is 3. The average molecular weight is 384 g/mol. The van der Waals surface area contributed by atoms with Crippen LogP contribution in [-0.4, -0.2) is 22.7 Å². The molecule has 2 heterocycles. The van der Waals surface area contributed by atoms with Crippen molar-refractivity contribution < 1.29 is 14.6 Å². The second-order valence-electron chi connectivity index (χ2n) is 7.13. The topological polar surface area (TPSA) is 62.3 Å². The van der Waals surface area contributed by atoms with Crippen molar-refractivity contribution in [3.8, 4) is 11.1 Å². The van der Waals surface area contributed by atoms with Crippen LogP contribution < -0.4 is 0 Å². The van der Waals surface area contributed by atoms with Gasteiger partial charge in [-0.25, -0.2) is 0 Å². The van der Waals surface area contributed by atoms with Gasteiger partial charge >= 0.3 is 5.97 Å². The van der Waals surface area contributed by atoms with E-state index in [1.165, 1.54) is 5.56 Å². The SMILES string of the molecule is CCCC1(CC(=O)O)OCCc2c1[nH]c1cccc(-c3ccc(Cl)cc3)c21. The summed E-state index contributed by atoms with van der Waals surface area (Å²) in [5.74, 6) is -0.840. The molecular formula is C22H22ClNO3. The summed E-state index contributed by atoms with van der Waals surface area (Å²) in [7, 11) is 0. The molecule has 0 amide bonds. The number of halogens is 1. The molecule has 0 aliphatic carbocycles. The number of hydrogen-bond acceptors (Lipinski definition) is 2. The lowest BCUT2D eigenvalue weighted by Gasteiger charge is -2.36. The Bertz CT molecular complexity index is 993. The van der Waals surface area contributed by atoms with Crippen molar-refractivity contribution in [2.24, 2.45) is 0 Å². The van der Waals surface area contributed by atoms with Crippen molar-refractivity contribution in [3.05, 3.63) is 58.7 Å². The number of nitrogens with one attached hydrogen (secondary N) is 1. The number of aliphatic carboxylic acids is 1. The summed E-state index contributed by atoms with van der Waals surface area (Å²) < 4.78 is 6.10. The van der Waals surface area contributed by atoms with Crippen LogP contribution in [0.3, 0.4) is 0 Å². The molecule has 0 spiro atoms. The summed E-state index contributed by atoms with van der Waals surface area (Å²) in [5, 5.41) is 11.4. The van der Waals surface area contributed by atoms with E-state index < -0.39 is 11.6 Å². The zero-order chi connectivity index (χ0) is 19.0. The number of carbonyl (C=O) groups is 1. The van der Waals surface area contributed by atoms with Crippen LogP contribution in [0.1, 0.15) is 37.4 Å². The highest BCUT2D eigenvalue weighted by Crippen LogP contribution is 2.44. The summed E-state index contributed by atoms with van der Waals surface area (Å²) in [6.07, 6.45) is 2.27. The molecule has 2 aromatic carbocycles. The van der Waals surface area contributed by atoms with Gasteiger partial charge in [0.05, 0.1) is 18.7 Å². The Labute approximate surface area is 163 Å². The number of ether oxygens (including phenoxy) is 1. The molecular weight excluding hydrogens is 362 g/mol. The van der Waals surface area contributed by atoms with E-state index in [0.29, 0.717) is 18.1 Å². The third-order valence-corrected chi connectivity index (χ3v) is 5.61. The molecule has 27 heavy (non-hydrogen) atoms. The molecule has 2 N–H and O–H groups in total. The lowest BCUT2D eigenvalue weighted by Crippen LogP contribution is -2.37. The van der Waals surface area contributed by atoms with E-state index in [9.17, 15) is 9.90 Å². The van der Waals surface area contributed by atoms with E-state index in [4.69, 9.17) is 16.3 Å². The van der Waals surface area contributed by atoms with Gasteiger partial charge in [-0.15, -0.1) is 0 Å². The van der Waals surface area contributed by atoms with Crippen molar-refractivity contribution in [1.82, 2.24) is 4.98 Å². The Kier molecular flexibility index (Phi) is 4.70. The maximum atomic E-state index is 11.6. The van der Waals surface area contributed by atoms with Crippen LogP contribution in [-0.2, 0) is 21.6 Å². The zero-order valence-corrected chi connectivity index (χ0v) is 16.0. The number of aromatic nitrogens is 1. The minimum atomic E-state index is -0.840. The van der Waals surface area contributed by atoms with Gasteiger partial charge in [0, 0.05) is 15.9 Å². The second kappa shape index (κ2) is 7.02. The van der Waals surface area contributed by atoms with E-state index in [1.807, 2.05) is 36.4 Å². The minimum absolute atomic E-state index is 0.0308. The monoisotopic (exact) mass is 383 g/mol. The Morgan fingerprint density at radius 2 is 2.04 bits per heavy atom. The molecule has 140 valence electrons. The van der Waals surface area contributed by atoms with Crippen LogP contribution in [0.15, 0.2) is 42.5 Å². The Hall–Kier alpha value is -2.30. The summed E-state index contributed by atoms with van der Waals surface area (Å²) >= 11 is 6.05. The van der Waals surface area contributed by atoms with Crippen molar-refractivity contribution >= 4 is 28.5 Å². The van der Waals surface area contributed by atoms with E-state index in [-0.39, 0.29) is 6.42 Å². The maximum absolute atomic E-state index is 11.6. The largest absolute Gasteiger partial charge is 0.481 e. The zero-order valence-electron chi connectivity index (χ0n) is 15.2. The highest BCUT2D eigenvalue weighted by molar-refractivity contribution is 6.30. The lowest BCUT2D eigenvalue weighted by molar-refractivity contribution is -0.149. The normalized spacial score (nSPS) is 19.2. The van der Waals surface area contributed by atoms with E-state index in [0.717, 1.165) is 40.6 Å². The van der Waals surface area contributed by atoms with Crippen LogP contribution in [0.5, 0.6) is 0 Å². The van der Waals surface area contributed by atoms with Gasteiger partial charge in [-0.05, 0) is 47.7 Å².